The van der Waals surface area contributed by atoms with Crippen molar-refractivity contribution in [1.29, 1.82) is 0 Å². The van der Waals surface area contributed by atoms with Gasteiger partial charge in [-0.2, -0.15) is 0 Å². The number of aromatic nitrogens is 1. The molecule has 106 valence electrons. The third kappa shape index (κ3) is 3.02. The Morgan fingerprint density at radius 1 is 1.35 bits per heavy atom. The van der Waals surface area contributed by atoms with Gasteiger partial charge in [-0.05, 0) is 49.9 Å². The molecule has 1 aliphatic heterocycles. The lowest BCUT2D eigenvalue weighted by molar-refractivity contribution is 0.0117. The van der Waals surface area contributed by atoms with E-state index in [1.807, 2.05) is 30.5 Å². The van der Waals surface area contributed by atoms with Crippen LogP contribution in [0, 0.1) is 0 Å². The Labute approximate surface area is 118 Å². The van der Waals surface area contributed by atoms with Crippen LogP contribution in [0.25, 0.3) is 10.9 Å². The van der Waals surface area contributed by atoms with Crippen molar-refractivity contribution in [3.63, 3.8) is 0 Å². The molecule has 20 heavy (non-hydrogen) atoms. The fraction of sp³-hybridized carbons (Fsp3) is 0.438. The molecule has 3 rings (SSSR count). The van der Waals surface area contributed by atoms with E-state index in [0.29, 0.717) is 18.2 Å². The zero-order valence-electron chi connectivity index (χ0n) is 11.5. The highest BCUT2D eigenvalue weighted by molar-refractivity contribution is 5.98. The van der Waals surface area contributed by atoms with Gasteiger partial charge in [-0.15, -0.1) is 0 Å². The summed E-state index contributed by atoms with van der Waals surface area (Å²) in [7, 11) is 0. The SMILES string of the molecule is O=C(NCCC1CCCCO1)c1ccc2[nH]ccc2c1. The molecule has 1 aromatic carbocycles. The molecule has 0 radical (unpaired) electrons. The predicted molar refractivity (Wildman–Crippen MR) is 78.8 cm³/mol. The summed E-state index contributed by atoms with van der Waals surface area (Å²) in [5.41, 5.74) is 1.76. The van der Waals surface area contributed by atoms with Crippen molar-refractivity contribution in [2.75, 3.05) is 13.2 Å². The molecule has 2 heterocycles. The van der Waals surface area contributed by atoms with E-state index in [2.05, 4.69) is 10.3 Å². The van der Waals surface area contributed by atoms with E-state index in [-0.39, 0.29) is 5.91 Å². The molecule has 1 amide bonds. The van der Waals surface area contributed by atoms with E-state index in [9.17, 15) is 4.79 Å². The van der Waals surface area contributed by atoms with Gasteiger partial charge in [0.25, 0.3) is 5.91 Å². The first-order valence-corrected chi connectivity index (χ1v) is 7.30. The Kier molecular flexibility index (Phi) is 4.02. The number of rotatable bonds is 4. The van der Waals surface area contributed by atoms with E-state index in [1.54, 1.807) is 0 Å². The van der Waals surface area contributed by atoms with Crippen LogP contribution < -0.4 is 5.32 Å². The minimum Gasteiger partial charge on any atom is -0.378 e. The van der Waals surface area contributed by atoms with Crippen LogP contribution in [0.15, 0.2) is 30.5 Å². The van der Waals surface area contributed by atoms with Crippen molar-refractivity contribution in [1.82, 2.24) is 10.3 Å². The maximum atomic E-state index is 12.1. The van der Waals surface area contributed by atoms with Gasteiger partial charge in [-0.25, -0.2) is 0 Å². The van der Waals surface area contributed by atoms with Crippen LogP contribution in [-0.2, 0) is 4.74 Å². The lowest BCUT2D eigenvalue weighted by Crippen LogP contribution is -2.29. The molecule has 1 atom stereocenters. The molecule has 2 N–H and O–H groups in total. The third-order valence-electron chi connectivity index (χ3n) is 3.84. The number of carbonyl (C=O) groups excluding carboxylic acids is 1. The molecular weight excluding hydrogens is 252 g/mol. The Hall–Kier alpha value is -1.81. The highest BCUT2D eigenvalue weighted by Crippen LogP contribution is 2.16. The van der Waals surface area contributed by atoms with Crippen LogP contribution in [0.1, 0.15) is 36.0 Å². The molecule has 0 saturated carbocycles. The maximum Gasteiger partial charge on any atom is 0.251 e. The van der Waals surface area contributed by atoms with Gasteiger partial charge >= 0.3 is 0 Å². The molecule has 1 saturated heterocycles. The smallest absolute Gasteiger partial charge is 0.251 e. The normalized spacial score (nSPS) is 19.1. The van der Waals surface area contributed by atoms with E-state index < -0.39 is 0 Å². The summed E-state index contributed by atoms with van der Waals surface area (Å²) in [6.45, 7) is 1.54. The predicted octanol–water partition coefficient (Wildman–Crippen LogP) is 2.86. The number of aromatic amines is 1. The van der Waals surface area contributed by atoms with Crippen molar-refractivity contribution in [2.45, 2.75) is 31.8 Å². The Bertz CT molecular complexity index is 585. The average molecular weight is 272 g/mol. The summed E-state index contributed by atoms with van der Waals surface area (Å²) in [5.74, 6) is -0.0103. The van der Waals surface area contributed by atoms with E-state index in [0.717, 1.165) is 30.4 Å². The highest BCUT2D eigenvalue weighted by atomic mass is 16.5. The first-order valence-electron chi connectivity index (χ1n) is 7.30. The van der Waals surface area contributed by atoms with Gasteiger partial charge in [-0.3, -0.25) is 4.79 Å². The van der Waals surface area contributed by atoms with Crippen LogP contribution in [0.2, 0.25) is 0 Å². The van der Waals surface area contributed by atoms with Crippen LogP contribution in [-0.4, -0.2) is 30.1 Å². The van der Waals surface area contributed by atoms with Gasteiger partial charge in [0.1, 0.15) is 0 Å². The first-order chi connectivity index (χ1) is 9.83. The molecule has 0 spiro atoms. The molecule has 4 nitrogen and oxygen atoms in total. The molecule has 4 heteroatoms. The highest BCUT2D eigenvalue weighted by Gasteiger charge is 2.14. The van der Waals surface area contributed by atoms with Crippen molar-refractivity contribution >= 4 is 16.8 Å². The fourth-order valence-electron chi connectivity index (χ4n) is 2.68. The quantitative estimate of drug-likeness (QED) is 0.899. The zero-order chi connectivity index (χ0) is 13.8. The summed E-state index contributed by atoms with van der Waals surface area (Å²) in [6.07, 6.45) is 6.62. The Balaban J connectivity index is 1.53. The standard InChI is InChI=1S/C16H20N2O2/c19-16(18-9-7-14-3-1-2-10-20-14)13-4-5-15-12(11-13)6-8-17-15/h4-6,8,11,14,17H,1-3,7,9-10H2,(H,18,19). The molecular formula is C16H20N2O2. The third-order valence-corrected chi connectivity index (χ3v) is 3.84. The van der Waals surface area contributed by atoms with Crippen molar-refractivity contribution < 1.29 is 9.53 Å². The number of hydrogen-bond acceptors (Lipinski definition) is 2. The summed E-state index contributed by atoms with van der Waals surface area (Å²) in [6, 6.07) is 7.68. The maximum absolute atomic E-state index is 12.1. The van der Waals surface area contributed by atoms with Gasteiger partial charge < -0.3 is 15.0 Å². The average Bonchev–Trinajstić information content (AvgIpc) is 2.95. The number of benzene rings is 1. The summed E-state index contributed by atoms with van der Waals surface area (Å²) in [5, 5.41) is 4.04. The van der Waals surface area contributed by atoms with Crippen molar-refractivity contribution in [2.24, 2.45) is 0 Å². The lowest BCUT2D eigenvalue weighted by Gasteiger charge is -2.22. The molecule has 0 aliphatic carbocycles. The van der Waals surface area contributed by atoms with Crippen LogP contribution in [0.3, 0.4) is 0 Å². The molecule has 1 aliphatic rings. The monoisotopic (exact) mass is 272 g/mol. The van der Waals surface area contributed by atoms with Gasteiger partial charge in [0.05, 0.1) is 6.10 Å². The van der Waals surface area contributed by atoms with Crippen molar-refractivity contribution in [3.8, 4) is 0 Å². The minimum atomic E-state index is -0.0103. The second-order valence-electron chi connectivity index (χ2n) is 5.31. The van der Waals surface area contributed by atoms with Gasteiger partial charge in [0.2, 0.25) is 0 Å². The lowest BCUT2D eigenvalue weighted by atomic mass is 10.1. The molecule has 1 fully saturated rings. The Morgan fingerprint density at radius 2 is 2.30 bits per heavy atom. The Morgan fingerprint density at radius 3 is 3.15 bits per heavy atom. The number of H-pyrrole nitrogens is 1. The van der Waals surface area contributed by atoms with Gasteiger partial charge in [0, 0.05) is 35.8 Å². The summed E-state index contributed by atoms with van der Waals surface area (Å²) < 4.78 is 5.66. The largest absolute Gasteiger partial charge is 0.378 e. The van der Waals surface area contributed by atoms with Crippen LogP contribution in [0.5, 0.6) is 0 Å². The van der Waals surface area contributed by atoms with E-state index >= 15 is 0 Å². The van der Waals surface area contributed by atoms with E-state index in [1.165, 1.54) is 12.8 Å². The fourth-order valence-corrected chi connectivity index (χ4v) is 2.68. The molecule has 1 unspecified atom stereocenters. The zero-order valence-corrected chi connectivity index (χ0v) is 11.5. The molecule has 0 bridgehead atoms. The second kappa shape index (κ2) is 6.09. The first kappa shape index (κ1) is 13.2. The summed E-state index contributed by atoms with van der Waals surface area (Å²) in [4.78, 5) is 15.2. The molecule has 2 aromatic rings. The summed E-state index contributed by atoms with van der Waals surface area (Å²) >= 11 is 0. The number of nitrogens with one attached hydrogen (secondary N) is 2. The number of hydrogen-bond donors (Lipinski definition) is 2. The van der Waals surface area contributed by atoms with Crippen LogP contribution >= 0.6 is 0 Å². The number of amides is 1. The second-order valence-corrected chi connectivity index (χ2v) is 5.31. The van der Waals surface area contributed by atoms with Crippen LogP contribution in [0.4, 0.5) is 0 Å². The molecule has 1 aromatic heterocycles. The number of fused-ring (bicyclic) bond motifs is 1. The van der Waals surface area contributed by atoms with Gasteiger partial charge in [-0.1, -0.05) is 0 Å². The minimum absolute atomic E-state index is 0.0103. The number of carbonyl (C=O) groups is 1. The van der Waals surface area contributed by atoms with Crippen molar-refractivity contribution in [3.05, 3.63) is 36.0 Å². The number of ether oxygens (including phenoxy) is 1. The topological polar surface area (TPSA) is 54.1 Å². The van der Waals surface area contributed by atoms with Gasteiger partial charge in [0.15, 0.2) is 0 Å². The van der Waals surface area contributed by atoms with E-state index in [4.69, 9.17) is 4.74 Å².